The van der Waals surface area contributed by atoms with Crippen LogP contribution in [0.4, 0.5) is 4.39 Å². The van der Waals surface area contributed by atoms with Gasteiger partial charge in [-0.25, -0.2) is 4.39 Å². The van der Waals surface area contributed by atoms with Gasteiger partial charge in [-0.3, -0.25) is 4.90 Å². The molecule has 0 aromatic heterocycles. The maximum Gasteiger partial charge on any atom is 0.127 e. The Bertz CT molecular complexity index is 389. The summed E-state index contributed by atoms with van der Waals surface area (Å²) in [4.78, 5) is 4.69. The molecule has 1 aliphatic rings. The van der Waals surface area contributed by atoms with Crippen molar-refractivity contribution in [2.24, 2.45) is 5.73 Å². The van der Waals surface area contributed by atoms with Crippen molar-refractivity contribution >= 4 is 0 Å². The van der Waals surface area contributed by atoms with Gasteiger partial charge in [-0.15, -0.1) is 0 Å². The number of benzene rings is 1. The van der Waals surface area contributed by atoms with Crippen LogP contribution in [-0.4, -0.2) is 49.1 Å². The highest BCUT2D eigenvalue weighted by molar-refractivity contribution is 5.17. The van der Waals surface area contributed by atoms with Crippen LogP contribution in [0.2, 0.25) is 0 Å². The molecule has 0 bridgehead atoms. The number of hydrogen-bond donors (Lipinski definition) is 1. The molecule has 19 heavy (non-hydrogen) atoms. The van der Waals surface area contributed by atoms with Crippen molar-refractivity contribution in [1.29, 1.82) is 0 Å². The maximum atomic E-state index is 13.6. The third-order valence-corrected chi connectivity index (χ3v) is 4.00. The molecule has 2 N–H and O–H groups in total. The third-order valence-electron chi connectivity index (χ3n) is 4.00. The summed E-state index contributed by atoms with van der Waals surface area (Å²) in [5, 5.41) is 0. The lowest BCUT2D eigenvalue weighted by molar-refractivity contribution is 0.124. The van der Waals surface area contributed by atoms with Crippen molar-refractivity contribution in [2.75, 3.05) is 33.2 Å². The number of rotatable bonds is 5. The Morgan fingerprint density at radius 3 is 2.63 bits per heavy atom. The predicted molar refractivity (Wildman–Crippen MR) is 76.4 cm³/mol. The highest BCUT2D eigenvalue weighted by Gasteiger charge is 2.22. The van der Waals surface area contributed by atoms with E-state index in [0.717, 1.165) is 44.6 Å². The van der Waals surface area contributed by atoms with Crippen LogP contribution in [0.5, 0.6) is 0 Å². The second-order valence-electron chi connectivity index (χ2n) is 5.37. The second-order valence-corrected chi connectivity index (χ2v) is 5.37. The summed E-state index contributed by atoms with van der Waals surface area (Å²) in [6.07, 6.45) is 2.29. The zero-order valence-corrected chi connectivity index (χ0v) is 11.7. The molecule has 0 amide bonds. The van der Waals surface area contributed by atoms with Crippen molar-refractivity contribution in [2.45, 2.75) is 25.4 Å². The van der Waals surface area contributed by atoms with Crippen molar-refractivity contribution in [3.05, 3.63) is 35.6 Å². The molecule has 2 rings (SSSR count). The van der Waals surface area contributed by atoms with Crippen molar-refractivity contribution in [3.8, 4) is 0 Å². The molecule has 1 aromatic carbocycles. The zero-order valence-electron chi connectivity index (χ0n) is 11.7. The number of piperidine rings is 1. The summed E-state index contributed by atoms with van der Waals surface area (Å²) in [6.45, 7) is 4.61. The van der Waals surface area contributed by atoms with Gasteiger partial charge in [0.2, 0.25) is 0 Å². The number of nitrogens with two attached hydrogens (primary N) is 1. The van der Waals surface area contributed by atoms with E-state index >= 15 is 0 Å². The van der Waals surface area contributed by atoms with E-state index in [1.807, 2.05) is 12.1 Å². The van der Waals surface area contributed by atoms with E-state index < -0.39 is 0 Å². The number of hydrogen-bond acceptors (Lipinski definition) is 3. The number of halogens is 1. The van der Waals surface area contributed by atoms with Gasteiger partial charge in [-0.2, -0.15) is 0 Å². The SMILES string of the molecule is CN(Cc1ccccc1F)C1CCN(CCN)CC1. The zero-order chi connectivity index (χ0) is 13.7. The van der Waals surface area contributed by atoms with E-state index in [0.29, 0.717) is 12.6 Å². The first-order chi connectivity index (χ1) is 9.20. The van der Waals surface area contributed by atoms with Crippen LogP contribution in [0.3, 0.4) is 0 Å². The molecule has 1 aromatic rings. The standard InChI is InChI=1S/C15H24FN3/c1-18(12-13-4-2-3-5-15(13)16)14-6-9-19(10-7-14)11-8-17/h2-5,14H,6-12,17H2,1H3. The summed E-state index contributed by atoms with van der Waals surface area (Å²) in [5.41, 5.74) is 6.37. The first-order valence-electron chi connectivity index (χ1n) is 7.06. The highest BCUT2D eigenvalue weighted by atomic mass is 19.1. The summed E-state index contributed by atoms with van der Waals surface area (Å²) in [5.74, 6) is -0.102. The van der Waals surface area contributed by atoms with Crippen molar-refractivity contribution < 1.29 is 4.39 Å². The van der Waals surface area contributed by atoms with Crippen LogP contribution in [0, 0.1) is 5.82 Å². The van der Waals surface area contributed by atoms with Gasteiger partial charge in [0, 0.05) is 31.2 Å². The molecule has 1 saturated heterocycles. The largest absolute Gasteiger partial charge is 0.329 e. The summed E-state index contributed by atoms with van der Waals surface area (Å²) in [7, 11) is 2.09. The molecular weight excluding hydrogens is 241 g/mol. The van der Waals surface area contributed by atoms with E-state index in [1.165, 1.54) is 6.07 Å². The highest BCUT2D eigenvalue weighted by Crippen LogP contribution is 2.18. The molecule has 0 radical (unpaired) electrons. The molecule has 3 nitrogen and oxygen atoms in total. The van der Waals surface area contributed by atoms with Gasteiger partial charge in [0.25, 0.3) is 0 Å². The Hall–Kier alpha value is -0.970. The smallest absolute Gasteiger partial charge is 0.127 e. The normalized spacial score (nSPS) is 18.1. The molecule has 1 heterocycles. The minimum atomic E-state index is -0.102. The van der Waals surface area contributed by atoms with Gasteiger partial charge in [0.15, 0.2) is 0 Å². The molecular formula is C15H24FN3. The second kappa shape index (κ2) is 6.98. The van der Waals surface area contributed by atoms with E-state index in [2.05, 4.69) is 16.8 Å². The van der Waals surface area contributed by atoms with Gasteiger partial charge in [0.05, 0.1) is 0 Å². The Morgan fingerprint density at radius 1 is 1.32 bits per heavy atom. The van der Waals surface area contributed by atoms with Gasteiger partial charge in [-0.05, 0) is 39.0 Å². The first-order valence-corrected chi connectivity index (χ1v) is 7.06. The van der Waals surface area contributed by atoms with E-state index in [9.17, 15) is 4.39 Å². The molecule has 0 aliphatic carbocycles. The average molecular weight is 265 g/mol. The van der Waals surface area contributed by atoms with Crippen LogP contribution in [0.25, 0.3) is 0 Å². The first kappa shape index (κ1) is 14.4. The minimum Gasteiger partial charge on any atom is -0.329 e. The molecule has 1 aliphatic heterocycles. The van der Waals surface area contributed by atoms with Crippen LogP contribution < -0.4 is 5.73 Å². The summed E-state index contributed by atoms with van der Waals surface area (Å²) in [6, 6.07) is 7.59. The summed E-state index contributed by atoms with van der Waals surface area (Å²) < 4.78 is 13.6. The van der Waals surface area contributed by atoms with Crippen molar-refractivity contribution in [3.63, 3.8) is 0 Å². The fraction of sp³-hybridized carbons (Fsp3) is 0.600. The Kier molecular flexibility index (Phi) is 5.31. The van der Waals surface area contributed by atoms with Crippen LogP contribution in [0.15, 0.2) is 24.3 Å². The molecule has 4 heteroatoms. The Labute approximate surface area is 115 Å². The molecule has 0 atom stereocenters. The summed E-state index contributed by atoms with van der Waals surface area (Å²) >= 11 is 0. The molecule has 0 saturated carbocycles. The molecule has 0 unspecified atom stereocenters. The maximum absolute atomic E-state index is 13.6. The minimum absolute atomic E-state index is 0.102. The molecule has 0 spiro atoms. The third kappa shape index (κ3) is 4.00. The van der Waals surface area contributed by atoms with Crippen molar-refractivity contribution in [1.82, 2.24) is 9.80 Å². The quantitative estimate of drug-likeness (QED) is 0.879. The molecule has 1 fully saturated rings. The lowest BCUT2D eigenvalue weighted by atomic mass is 10.0. The topological polar surface area (TPSA) is 32.5 Å². The van der Waals surface area contributed by atoms with Gasteiger partial charge in [-0.1, -0.05) is 18.2 Å². The van der Waals surface area contributed by atoms with E-state index in [-0.39, 0.29) is 5.82 Å². The van der Waals surface area contributed by atoms with Crippen LogP contribution in [0.1, 0.15) is 18.4 Å². The fourth-order valence-corrected chi connectivity index (χ4v) is 2.79. The van der Waals surface area contributed by atoms with E-state index in [1.54, 1.807) is 6.07 Å². The van der Waals surface area contributed by atoms with Crippen LogP contribution >= 0.6 is 0 Å². The Morgan fingerprint density at radius 2 is 2.00 bits per heavy atom. The van der Waals surface area contributed by atoms with Crippen LogP contribution in [-0.2, 0) is 6.54 Å². The number of likely N-dealkylation sites (tertiary alicyclic amines) is 1. The predicted octanol–water partition coefficient (Wildman–Crippen LogP) is 1.68. The molecule has 106 valence electrons. The van der Waals surface area contributed by atoms with Gasteiger partial charge < -0.3 is 10.6 Å². The van der Waals surface area contributed by atoms with E-state index in [4.69, 9.17) is 5.73 Å². The fourth-order valence-electron chi connectivity index (χ4n) is 2.79. The average Bonchev–Trinajstić information content (AvgIpc) is 2.42. The lowest BCUT2D eigenvalue weighted by Crippen LogP contribution is -2.44. The monoisotopic (exact) mass is 265 g/mol. The van der Waals surface area contributed by atoms with Gasteiger partial charge in [0.1, 0.15) is 5.82 Å². The number of nitrogens with zero attached hydrogens (tertiary/aromatic N) is 2. The van der Waals surface area contributed by atoms with Gasteiger partial charge >= 0.3 is 0 Å². The Balaban J connectivity index is 1.85. The lowest BCUT2D eigenvalue weighted by Gasteiger charge is -2.36.